The summed E-state index contributed by atoms with van der Waals surface area (Å²) in [4.78, 5) is 5.93. The summed E-state index contributed by atoms with van der Waals surface area (Å²) >= 11 is 0. The molecule has 2 N–H and O–H groups in total. The van der Waals surface area contributed by atoms with E-state index in [0.717, 1.165) is 11.1 Å². The molecule has 0 spiro atoms. The van der Waals surface area contributed by atoms with Crippen molar-refractivity contribution in [3.63, 3.8) is 0 Å². The van der Waals surface area contributed by atoms with Gasteiger partial charge >= 0.3 is 0 Å². The molecule has 4 heteroatoms. The van der Waals surface area contributed by atoms with Crippen LogP contribution in [-0.4, -0.2) is 12.0 Å². The standard InChI is InChI=1S/C15H18FN3/c1-11(17)13-6-3-7-14(16)15(13)19(2)10-12-5-4-8-18-9-12/h3-9,11H,10,17H2,1-2H3. The lowest BCUT2D eigenvalue weighted by molar-refractivity contribution is 0.616. The summed E-state index contributed by atoms with van der Waals surface area (Å²) in [7, 11) is 1.86. The number of halogens is 1. The molecule has 19 heavy (non-hydrogen) atoms. The molecule has 0 aliphatic rings. The highest BCUT2D eigenvalue weighted by atomic mass is 19.1. The molecule has 0 fully saturated rings. The van der Waals surface area contributed by atoms with E-state index >= 15 is 0 Å². The monoisotopic (exact) mass is 259 g/mol. The Kier molecular flexibility index (Phi) is 4.12. The number of pyridine rings is 1. The molecule has 1 aromatic heterocycles. The minimum atomic E-state index is -0.249. The molecule has 0 radical (unpaired) electrons. The second-order valence-electron chi connectivity index (χ2n) is 4.68. The summed E-state index contributed by atoms with van der Waals surface area (Å²) in [5, 5.41) is 0. The number of hydrogen-bond acceptors (Lipinski definition) is 3. The van der Waals surface area contributed by atoms with Gasteiger partial charge in [0.1, 0.15) is 5.82 Å². The van der Waals surface area contributed by atoms with E-state index in [1.807, 2.05) is 37.1 Å². The third-order valence-electron chi connectivity index (χ3n) is 3.03. The summed E-state index contributed by atoms with van der Waals surface area (Å²) in [6, 6.07) is 8.65. The third-order valence-corrected chi connectivity index (χ3v) is 3.03. The number of aromatic nitrogens is 1. The fourth-order valence-corrected chi connectivity index (χ4v) is 2.15. The van der Waals surface area contributed by atoms with Gasteiger partial charge in [-0.05, 0) is 30.2 Å². The van der Waals surface area contributed by atoms with Crippen LogP contribution in [0.1, 0.15) is 24.1 Å². The Morgan fingerprint density at radius 3 is 2.74 bits per heavy atom. The lowest BCUT2D eigenvalue weighted by Crippen LogP contribution is -2.21. The first-order chi connectivity index (χ1) is 9.09. The smallest absolute Gasteiger partial charge is 0.146 e. The molecule has 0 aliphatic heterocycles. The fourth-order valence-electron chi connectivity index (χ4n) is 2.15. The van der Waals surface area contributed by atoms with Crippen molar-refractivity contribution in [1.29, 1.82) is 0 Å². The zero-order chi connectivity index (χ0) is 13.8. The predicted molar refractivity (Wildman–Crippen MR) is 75.3 cm³/mol. The van der Waals surface area contributed by atoms with Gasteiger partial charge in [-0.15, -0.1) is 0 Å². The van der Waals surface area contributed by atoms with Gasteiger partial charge in [0.25, 0.3) is 0 Å². The zero-order valence-corrected chi connectivity index (χ0v) is 11.2. The summed E-state index contributed by atoms with van der Waals surface area (Å²) in [5.41, 5.74) is 8.31. The normalized spacial score (nSPS) is 12.2. The highest BCUT2D eigenvalue weighted by Crippen LogP contribution is 2.28. The SMILES string of the molecule is CC(N)c1cccc(F)c1N(C)Cc1cccnc1. The summed E-state index contributed by atoms with van der Waals surface area (Å²) in [6.07, 6.45) is 3.50. The van der Waals surface area contributed by atoms with Crippen molar-refractivity contribution in [2.24, 2.45) is 5.73 Å². The molecule has 0 amide bonds. The molecule has 3 nitrogen and oxygen atoms in total. The van der Waals surface area contributed by atoms with E-state index in [1.165, 1.54) is 6.07 Å². The largest absolute Gasteiger partial charge is 0.368 e. The average molecular weight is 259 g/mol. The van der Waals surface area contributed by atoms with Crippen LogP contribution < -0.4 is 10.6 Å². The van der Waals surface area contributed by atoms with E-state index in [-0.39, 0.29) is 11.9 Å². The Morgan fingerprint density at radius 1 is 1.32 bits per heavy atom. The number of anilines is 1. The van der Waals surface area contributed by atoms with Crippen LogP contribution >= 0.6 is 0 Å². The number of nitrogens with zero attached hydrogens (tertiary/aromatic N) is 2. The van der Waals surface area contributed by atoms with Crippen molar-refractivity contribution in [1.82, 2.24) is 4.98 Å². The third kappa shape index (κ3) is 3.09. The molecule has 0 saturated carbocycles. The predicted octanol–water partition coefficient (Wildman–Crippen LogP) is 2.88. The summed E-state index contributed by atoms with van der Waals surface area (Å²) in [6.45, 7) is 2.45. The lowest BCUT2D eigenvalue weighted by Gasteiger charge is -2.24. The van der Waals surface area contributed by atoms with Gasteiger partial charge in [-0.3, -0.25) is 4.98 Å². The Hall–Kier alpha value is -1.94. The van der Waals surface area contributed by atoms with Crippen LogP contribution in [0.3, 0.4) is 0 Å². The van der Waals surface area contributed by atoms with Gasteiger partial charge in [0.15, 0.2) is 0 Å². The van der Waals surface area contributed by atoms with Crippen LogP contribution in [0.2, 0.25) is 0 Å². The van der Waals surface area contributed by atoms with Gasteiger partial charge in [-0.2, -0.15) is 0 Å². The molecule has 100 valence electrons. The topological polar surface area (TPSA) is 42.1 Å². The second kappa shape index (κ2) is 5.80. The highest BCUT2D eigenvalue weighted by molar-refractivity contribution is 5.55. The van der Waals surface area contributed by atoms with E-state index in [0.29, 0.717) is 12.2 Å². The quantitative estimate of drug-likeness (QED) is 0.918. The van der Waals surface area contributed by atoms with Gasteiger partial charge in [0.05, 0.1) is 5.69 Å². The number of rotatable bonds is 4. The van der Waals surface area contributed by atoms with Gasteiger partial charge < -0.3 is 10.6 Å². The molecule has 1 atom stereocenters. The number of hydrogen-bond donors (Lipinski definition) is 1. The molecule has 0 aliphatic carbocycles. The maximum atomic E-state index is 14.1. The van der Waals surface area contributed by atoms with Crippen LogP contribution in [0.5, 0.6) is 0 Å². The molecule has 1 heterocycles. The van der Waals surface area contributed by atoms with Crippen molar-refractivity contribution >= 4 is 5.69 Å². The number of nitrogens with two attached hydrogens (primary N) is 1. The highest BCUT2D eigenvalue weighted by Gasteiger charge is 2.15. The molecule has 2 aromatic rings. The molecular formula is C15H18FN3. The van der Waals surface area contributed by atoms with E-state index in [9.17, 15) is 4.39 Å². The van der Waals surface area contributed by atoms with E-state index in [4.69, 9.17) is 5.73 Å². The Morgan fingerprint density at radius 2 is 2.11 bits per heavy atom. The Balaban J connectivity index is 2.31. The minimum absolute atomic E-state index is 0.206. The molecule has 0 bridgehead atoms. The lowest BCUT2D eigenvalue weighted by atomic mass is 10.1. The molecular weight excluding hydrogens is 241 g/mol. The zero-order valence-electron chi connectivity index (χ0n) is 11.2. The molecule has 2 rings (SSSR count). The minimum Gasteiger partial charge on any atom is -0.368 e. The van der Waals surface area contributed by atoms with Gasteiger partial charge in [0, 0.05) is 32.0 Å². The van der Waals surface area contributed by atoms with Crippen LogP contribution in [0.15, 0.2) is 42.7 Å². The van der Waals surface area contributed by atoms with Crippen molar-refractivity contribution in [3.8, 4) is 0 Å². The fraction of sp³-hybridized carbons (Fsp3) is 0.267. The number of benzene rings is 1. The first kappa shape index (κ1) is 13.5. The van der Waals surface area contributed by atoms with Crippen LogP contribution in [0.25, 0.3) is 0 Å². The van der Waals surface area contributed by atoms with Crippen molar-refractivity contribution in [2.75, 3.05) is 11.9 Å². The molecule has 1 unspecified atom stereocenters. The van der Waals surface area contributed by atoms with Crippen LogP contribution in [0, 0.1) is 5.82 Å². The Labute approximate surface area is 112 Å². The number of para-hydroxylation sites is 1. The molecule has 0 saturated heterocycles. The van der Waals surface area contributed by atoms with Crippen molar-refractivity contribution < 1.29 is 4.39 Å². The van der Waals surface area contributed by atoms with Crippen LogP contribution in [-0.2, 0) is 6.54 Å². The summed E-state index contributed by atoms with van der Waals surface area (Å²) < 4.78 is 14.1. The Bertz CT molecular complexity index is 540. The first-order valence-corrected chi connectivity index (χ1v) is 6.23. The second-order valence-corrected chi connectivity index (χ2v) is 4.68. The van der Waals surface area contributed by atoms with Crippen molar-refractivity contribution in [2.45, 2.75) is 19.5 Å². The van der Waals surface area contributed by atoms with Crippen molar-refractivity contribution in [3.05, 3.63) is 59.7 Å². The van der Waals surface area contributed by atoms with Gasteiger partial charge in [-0.25, -0.2) is 4.39 Å². The first-order valence-electron chi connectivity index (χ1n) is 6.23. The molecule has 1 aromatic carbocycles. The van der Waals surface area contributed by atoms with E-state index in [2.05, 4.69) is 4.98 Å². The van der Waals surface area contributed by atoms with E-state index < -0.39 is 0 Å². The summed E-state index contributed by atoms with van der Waals surface area (Å²) in [5.74, 6) is -0.249. The van der Waals surface area contributed by atoms with Crippen LogP contribution in [0.4, 0.5) is 10.1 Å². The maximum absolute atomic E-state index is 14.1. The van der Waals surface area contributed by atoms with Gasteiger partial charge in [-0.1, -0.05) is 18.2 Å². The van der Waals surface area contributed by atoms with E-state index in [1.54, 1.807) is 18.5 Å². The average Bonchev–Trinajstić information content (AvgIpc) is 2.39. The maximum Gasteiger partial charge on any atom is 0.146 e. The van der Waals surface area contributed by atoms with Gasteiger partial charge in [0.2, 0.25) is 0 Å².